The molecule has 20 heavy (non-hydrogen) atoms. The average Bonchev–Trinajstić information content (AvgIpc) is 3.13. The van der Waals surface area contributed by atoms with Crippen LogP contribution in [0.2, 0.25) is 0 Å². The molecule has 1 heterocycles. The Hall–Kier alpha value is -1.57. The first-order chi connectivity index (χ1) is 9.81. The fourth-order valence-electron chi connectivity index (χ4n) is 3.96. The van der Waals surface area contributed by atoms with Gasteiger partial charge in [-0.2, -0.15) is 0 Å². The van der Waals surface area contributed by atoms with Crippen molar-refractivity contribution in [3.05, 3.63) is 42.0 Å². The minimum absolute atomic E-state index is 0.338. The molecule has 0 bridgehead atoms. The van der Waals surface area contributed by atoms with Gasteiger partial charge in [0.1, 0.15) is 0 Å². The Labute approximate surface area is 120 Å². The molecular formula is C18H21NO. The number of hydrogen-bond acceptors (Lipinski definition) is 1. The molecule has 0 radical (unpaired) electrons. The summed E-state index contributed by atoms with van der Waals surface area (Å²) in [6.07, 6.45) is 6.95. The van der Waals surface area contributed by atoms with Crippen LogP contribution in [0.1, 0.15) is 31.2 Å². The lowest BCUT2D eigenvalue weighted by Gasteiger charge is -2.29. The van der Waals surface area contributed by atoms with Crippen molar-refractivity contribution in [3.63, 3.8) is 0 Å². The van der Waals surface area contributed by atoms with Crippen LogP contribution in [0.4, 0.5) is 0 Å². The first kappa shape index (κ1) is 12.2. The van der Waals surface area contributed by atoms with Crippen molar-refractivity contribution >= 4 is 11.5 Å². The van der Waals surface area contributed by atoms with Crippen LogP contribution in [0.15, 0.2) is 36.4 Å². The molecule has 2 aliphatic carbocycles. The maximum atomic E-state index is 12.5. The second kappa shape index (κ2) is 4.76. The lowest BCUT2D eigenvalue weighted by atomic mass is 9.97. The van der Waals surface area contributed by atoms with Crippen molar-refractivity contribution in [3.8, 4) is 0 Å². The summed E-state index contributed by atoms with van der Waals surface area (Å²) in [6, 6.07) is 10.5. The van der Waals surface area contributed by atoms with E-state index in [-0.39, 0.29) is 0 Å². The molecule has 0 saturated heterocycles. The zero-order valence-electron chi connectivity index (χ0n) is 11.8. The smallest absolute Gasteiger partial charge is 0.225 e. The number of fused-ring (bicyclic) bond motifs is 1. The summed E-state index contributed by atoms with van der Waals surface area (Å²) < 4.78 is 0. The van der Waals surface area contributed by atoms with Crippen LogP contribution in [0.3, 0.4) is 0 Å². The Morgan fingerprint density at radius 2 is 1.80 bits per heavy atom. The van der Waals surface area contributed by atoms with E-state index >= 15 is 0 Å². The van der Waals surface area contributed by atoms with Crippen LogP contribution in [0.25, 0.3) is 5.57 Å². The van der Waals surface area contributed by atoms with E-state index in [2.05, 4.69) is 35.2 Å². The van der Waals surface area contributed by atoms with Gasteiger partial charge in [0.05, 0.1) is 0 Å². The number of amides is 1. The molecule has 0 spiro atoms. The molecular weight excluding hydrogens is 246 g/mol. The van der Waals surface area contributed by atoms with E-state index in [1.54, 1.807) is 0 Å². The van der Waals surface area contributed by atoms with Gasteiger partial charge in [-0.15, -0.1) is 0 Å². The average molecular weight is 267 g/mol. The van der Waals surface area contributed by atoms with Gasteiger partial charge in [0, 0.05) is 19.0 Å². The van der Waals surface area contributed by atoms with Crippen LogP contribution in [0, 0.1) is 17.8 Å². The fraction of sp³-hybridized carbons (Fsp3) is 0.500. The molecule has 1 aliphatic heterocycles. The predicted molar refractivity (Wildman–Crippen MR) is 79.9 cm³/mol. The molecule has 2 fully saturated rings. The van der Waals surface area contributed by atoms with Gasteiger partial charge in [0.25, 0.3) is 0 Å². The number of nitrogens with zero attached hydrogens (tertiary/aromatic N) is 1. The first-order valence-corrected chi connectivity index (χ1v) is 7.84. The third-order valence-corrected chi connectivity index (χ3v) is 5.26. The van der Waals surface area contributed by atoms with Gasteiger partial charge in [-0.3, -0.25) is 4.79 Å². The van der Waals surface area contributed by atoms with Crippen LogP contribution >= 0.6 is 0 Å². The fourth-order valence-corrected chi connectivity index (χ4v) is 3.96. The van der Waals surface area contributed by atoms with Crippen LogP contribution in [-0.4, -0.2) is 23.9 Å². The van der Waals surface area contributed by atoms with E-state index in [1.165, 1.54) is 17.6 Å². The van der Waals surface area contributed by atoms with E-state index in [1.807, 2.05) is 6.07 Å². The van der Waals surface area contributed by atoms with Crippen molar-refractivity contribution in [2.45, 2.75) is 25.7 Å². The van der Waals surface area contributed by atoms with Gasteiger partial charge in [0.2, 0.25) is 5.91 Å². The topological polar surface area (TPSA) is 20.3 Å². The molecule has 104 valence electrons. The monoisotopic (exact) mass is 267 g/mol. The van der Waals surface area contributed by atoms with Crippen molar-refractivity contribution in [1.82, 2.24) is 4.90 Å². The van der Waals surface area contributed by atoms with Crippen molar-refractivity contribution in [2.75, 3.05) is 13.1 Å². The van der Waals surface area contributed by atoms with Crippen molar-refractivity contribution < 1.29 is 4.79 Å². The minimum atomic E-state index is 0.338. The van der Waals surface area contributed by atoms with Crippen LogP contribution in [0.5, 0.6) is 0 Å². The maximum absolute atomic E-state index is 12.5. The summed E-state index contributed by atoms with van der Waals surface area (Å²) in [6.45, 7) is 1.69. The summed E-state index contributed by atoms with van der Waals surface area (Å²) in [5.41, 5.74) is 2.70. The van der Waals surface area contributed by atoms with Crippen molar-refractivity contribution in [2.24, 2.45) is 17.8 Å². The molecule has 2 saturated carbocycles. The van der Waals surface area contributed by atoms with Gasteiger partial charge in [-0.1, -0.05) is 36.4 Å². The van der Waals surface area contributed by atoms with Crippen molar-refractivity contribution in [1.29, 1.82) is 0 Å². The van der Waals surface area contributed by atoms with Gasteiger partial charge in [0.15, 0.2) is 0 Å². The van der Waals surface area contributed by atoms with Gasteiger partial charge in [-0.25, -0.2) is 0 Å². The second-order valence-corrected chi connectivity index (χ2v) is 6.55. The highest BCUT2D eigenvalue weighted by atomic mass is 16.2. The van der Waals surface area contributed by atoms with Gasteiger partial charge < -0.3 is 4.90 Å². The molecule has 1 aromatic rings. The molecule has 2 nitrogen and oxygen atoms in total. The molecule has 1 aromatic carbocycles. The molecule has 2 unspecified atom stereocenters. The Morgan fingerprint density at radius 3 is 2.45 bits per heavy atom. The summed E-state index contributed by atoms with van der Waals surface area (Å²) in [5.74, 6) is 2.54. The van der Waals surface area contributed by atoms with Gasteiger partial charge >= 0.3 is 0 Å². The Balaban J connectivity index is 1.41. The number of carbonyl (C=O) groups excluding carboxylic acids is 1. The van der Waals surface area contributed by atoms with Crippen LogP contribution in [-0.2, 0) is 4.79 Å². The summed E-state index contributed by atoms with van der Waals surface area (Å²) in [5, 5.41) is 0. The Morgan fingerprint density at radius 1 is 1.05 bits per heavy atom. The highest BCUT2D eigenvalue weighted by Crippen LogP contribution is 2.54. The quantitative estimate of drug-likeness (QED) is 0.804. The normalized spacial score (nSPS) is 31.7. The van der Waals surface area contributed by atoms with Gasteiger partial charge in [-0.05, 0) is 48.7 Å². The SMILES string of the molecule is O=C(C1CC2CC2C1)N1CC=C(c2ccccc2)CC1. The standard InChI is InChI=1S/C18H21NO/c20-18(17-11-15-10-16(15)12-17)19-8-6-14(7-9-19)13-4-2-1-3-5-13/h1-6,15-17H,7-12H2. The molecule has 2 heteroatoms. The first-order valence-electron chi connectivity index (χ1n) is 7.84. The Kier molecular flexibility index (Phi) is 2.90. The third-order valence-electron chi connectivity index (χ3n) is 5.26. The molecule has 2 atom stereocenters. The van der Waals surface area contributed by atoms with E-state index in [0.29, 0.717) is 11.8 Å². The maximum Gasteiger partial charge on any atom is 0.225 e. The largest absolute Gasteiger partial charge is 0.338 e. The third kappa shape index (κ3) is 2.17. The molecule has 4 rings (SSSR count). The number of carbonyl (C=O) groups is 1. The number of hydrogen-bond donors (Lipinski definition) is 0. The Bertz CT molecular complexity index is 538. The number of rotatable bonds is 2. The summed E-state index contributed by atoms with van der Waals surface area (Å²) >= 11 is 0. The predicted octanol–water partition coefficient (Wildman–Crippen LogP) is 3.35. The van der Waals surface area contributed by atoms with E-state index in [4.69, 9.17) is 0 Å². The summed E-state index contributed by atoms with van der Waals surface area (Å²) in [7, 11) is 0. The lowest BCUT2D eigenvalue weighted by Crippen LogP contribution is -2.38. The highest BCUT2D eigenvalue weighted by Gasteiger charge is 2.48. The van der Waals surface area contributed by atoms with E-state index < -0.39 is 0 Å². The van der Waals surface area contributed by atoms with Crippen LogP contribution < -0.4 is 0 Å². The molecule has 1 amide bonds. The molecule has 3 aliphatic rings. The lowest BCUT2D eigenvalue weighted by molar-refractivity contribution is -0.135. The number of benzene rings is 1. The van der Waals surface area contributed by atoms with E-state index in [0.717, 1.165) is 44.2 Å². The zero-order valence-corrected chi connectivity index (χ0v) is 11.8. The summed E-state index contributed by atoms with van der Waals surface area (Å²) in [4.78, 5) is 14.6. The minimum Gasteiger partial charge on any atom is -0.338 e. The molecule has 0 aromatic heterocycles. The zero-order chi connectivity index (χ0) is 13.5. The van der Waals surface area contributed by atoms with E-state index in [9.17, 15) is 4.79 Å². The molecule has 0 N–H and O–H groups in total. The second-order valence-electron chi connectivity index (χ2n) is 6.55. The highest BCUT2D eigenvalue weighted by molar-refractivity contribution is 5.81.